The number of methoxy groups -OCH3 is 1. The molecule has 0 amide bonds. The smallest absolute Gasteiger partial charge is 0.269 e. The van der Waals surface area contributed by atoms with Crippen molar-refractivity contribution in [3.63, 3.8) is 0 Å². The summed E-state index contributed by atoms with van der Waals surface area (Å²) in [6.07, 6.45) is 1.10. The van der Waals surface area contributed by atoms with Crippen LogP contribution in [0.3, 0.4) is 0 Å². The van der Waals surface area contributed by atoms with Crippen molar-refractivity contribution in [3.05, 3.63) is 62.1 Å². The number of nitro groups is 1. The Hall–Kier alpha value is -2.16. The van der Waals surface area contributed by atoms with E-state index in [9.17, 15) is 10.1 Å². The van der Waals surface area contributed by atoms with Crippen LogP contribution in [0.1, 0.15) is 31.4 Å². The Balaban J connectivity index is 1.92. The second-order valence-electron chi connectivity index (χ2n) is 6.86. The molecule has 0 spiro atoms. The van der Waals surface area contributed by atoms with Crippen molar-refractivity contribution in [2.24, 2.45) is 0 Å². The molecule has 0 fully saturated rings. The maximum atomic E-state index is 10.8. The summed E-state index contributed by atoms with van der Waals surface area (Å²) >= 11 is 3.62. The van der Waals surface area contributed by atoms with Gasteiger partial charge in [0.25, 0.3) is 5.69 Å². The van der Waals surface area contributed by atoms with Crippen molar-refractivity contribution in [1.29, 1.82) is 0 Å². The first-order valence-corrected chi connectivity index (χ1v) is 10.9. The molecule has 0 radical (unpaired) electrons. The van der Waals surface area contributed by atoms with Crippen molar-refractivity contribution in [3.8, 4) is 11.5 Å². The van der Waals surface area contributed by atoms with E-state index in [4.69, 9.17) is 9.47 Å². The molecule has 2 aromatic rings. The van der Waals surface area contributed by atoms with Crippen molar-refractivity contribution in [2.45, 2.75) is 33.4 Å². The molecule has 0 unspecified atom stereocenters. The van der Waals surface area contributed by atoms with Gasteiger partial charge in [0.05, 0.1) is 12.0 Å². The molecule has 0 heterocycles. The van der Waals surface area contributed by atoms with Gasteiger partial charge in [-0.25, -0.2) is 0 Å². The zero-order chi connectivity index (χ0) is 21.9. The molecule has 0 atom stereocenters. The van der Waals surface area contributed by atoms with Gasteiger partial charge in [-0.15, -0.1) is 0 Å². The molecular formula is C22H30BrN3O4. The van der Waals surface area contributed by atoms with Crippen LogP contribution in [0.15, 0.2) is 40.9 Å². The first kappa shape index (κ1) is 24.1. The van der Waals surface area contributed by atoms with Crippen LogP contribution in [0.2, 0.25) is 0 Å². The summed E-state index contributed by atoms with van der Waals surface area (Å²) in [5, 5.41) is 14.2. The Morgan fingerprint density at radius 1 is 1.13 bits per heavy atom. The summed E-state index contributed by atoms with van der Waals surface area (Å²) in [4.78, 5) is 12.8. The number of benzene rings is 2. The van der Waals surface area contributed by atoms with E-state index in [1.165, 1.54) is 12.1 Å². The quantitative estimate of drug-likeness (QED) is 0.253. The predicted molar refractivity (Wildman–Crippen MR) is 122 cm³/mol. The number of nitro benzene ring substituents is 1. The first-order chi connectivity index (χ1) is 14.5. The topological polar surface area (TPSA) is 76.9 Å². The van der Waals surface area contributed by atoms with E-state index < -0.39 is 4.92 Å². The minimum atomic E-state index is -0.416. The van der Waals surface area contributed by atoms with Gasteiger partial charge in [-0.2, -0.15) is 0 Å². The predicted octanol–water partition coefficient (Wildman–Crippen LogP) is 4.77. The van der Waals surface area contributed by atoms with Gasteiger partial charge in [0.15, 0.2) is 11.5 Å². The molecule has 164 valence electrons. The third-order valence-corrected chi connectivity index (χ3v) is 5.65. The molecule has 0 saturated carbocycles. The van der Waals surface area contributed by atoms with Crippen LogP contribution in [0, 0.1) is 10.1 Å². The van der Waals surface area contributed by atoms with Gasteiger partial charge in [-0.3, -0.25) is 10.1 Å². The van der Waals surface area contributed by atoms with Crippen molar-refractivity contribution in [2.75, 3.05) is 33.3 Å². The molecule has 0 aliphatic carbocycles. The van der Waals surface area contributed by atoms with E-state index in [1.54, 1.807) is 19.2 Å². The molecule has 2 rings (SSSR count). The number of non-ortho nitro benzene ring substituents is 1. The van der Waals surface area contributed by atoms with Crippen LogP contribution in [0.25, 0.3) is 0 Å². The summed E-state index contributed by atoms with van der Waals surface area (Å²) in [6.45, 7) is 9.61. The van der Waals surface area contributed by atoms with Crippen LogP contribution >= 0.6 is 15.9 Å². The fourth-order valence-electron chi connectivity index (χ4n) is 3.05. The van der Waals surface area contributed by atoms with E-state index in [-0.39, 0.29) is 5.69 Å². The Labute approximate surface area is 186 Å². The van der Waals surface area contributed by atoms with Gasteiger partial charge in [0, 0.05) is 23.2 Å². The average molecular weight is 480 g/mol. The lowest BCUT2D eigenvalue weighted by Crippen LogP contribution is -2.27. The Kier molecular flexibility index (Phi) is 10.1. The standard InChI is InChI=1S/C22H30BrN3O4/c1-4-25(5-2)12-6-11-24-15-18-13-21(29-3)22(14-20(18)23)30-16-17-7-9-19(10-8-17)26(27)28/h7-10,13-14,24H,4-6,11-12,15-16H2,1-3H3. The van der Waals surface area contributed by atoms with Gasteiger partial charge in [0.2, 0.25) is 0 Å². The fraction of sp³-hybridized carbons (Fsp3) is 0.455. The minimum Gasteiger partial charge on any atom is -0.493 e. The SMILES string of the molecule is CCN(CC)CCCNCc1cc(OC)c(OCc2ccc([N+](=O)[O-])cc2)cc1Br. The molecule has 8 heteroatoms. The van der Waals surface area contributed by atoms with E-state index in [0.717, 1.165) is 54.7 Å². The lowest BCUT2D eigenvalue weighted by atomic mass is 10.2. The number of nitrogens with zero attached hydrogens (tertiary/aromatic N) is 2. The zero-order valence-corrected chi connectivity index (χ0v) is 19.4. The summed E-state index contributed by atoms with van der Waals surface area (Å²) < 4.78 is 12.3. The van der Waals surface area contributed by atoms with Crippen LogP contribution in [0.5, 0.6) is 11.5 Å². The first-order valence-electron chi connectivity index (χ1n) is 10.1. The van der Waals surface area contributed by atoms with Crippen molar-refractivity contribution >= 4 is 21.6 Å². The van der Waals surface area contributed by atoms with Crippen molar-refractivity contribution in [1.82, 2.24) is 10.2 Å². The van der Waals surface area contributed by atoms with E-state index >= 15 is 0 Å². The number of rotatable bonds is 13. The number of hydrogen-bond acceptors (Lipinski definition) is 6. The number of nitrogens with one attached hydrogen (secondary N) is 1. The highest BCUT2D eigenvalue weighted by molar-refractivity contribution is 9.10. The molecule has 0 aliphatic rings. The fourth-order valence-corrected chi connectivity index (χ4v) is 3.51. The Morgan fingerprint density at radius 3 is 2.43 bits per heavy atom. The summed E-state index contributed by atoms with van der Waals surface area (Å²) in [5.74, 6) is 1.27. The largest absolute Gasteiger partial charge is 0.493 e. The normalized spacial score (nSPS) is 11.0. The molecule has 0 aliphatic heterocycles. The van der Waals surface area contributed by atoms with Crippen LogP contribution < -0.4 is 14.8 Å². The molecule has 0 aromatic heterocycles. The average Bonchev–Trinajstić information content (AvgIpc) is 2.76. The maximum absolute atomic E-state index is 10.8. The van der Waals surface area contributed by atoms with Gasteiger partial charge in [-0.05, 0) is 68.0 Å². The summed E-state index contributed by atoms with van der Waals surface area (Å²) in [5.41, 5.74) is 2.00. The van der Waals surface area contributed by atoms with Gasteiger partial charge < -0.3 is 19.7 Å². The summed E-state index contributed by atoms with van der Waals surface area (Å²) in [7, 11) is 1.61. The van der Waals surface area contributed by atoms with Gasteiger partial charge in [-0.1, -0.05) is 29.8 Å². The lowest BCUT2D eigenvalue weighted by molar-refractivity contribution is -0.384. The number of hydrogen-bond donors (Lipinski definition) is 1. The third-order valence-electron chi connectivity index (χ3n) is 4.91. The molecule has 7 nitrogen and oxygen atoms in total. The maximum Gasteiger partial charge on any atom is 0.269 e. The van der Waals surface area contributed by atoms with E-state index in [0.29, 0.717) is 18.1 Å². The second kappa shape index (κ2) is 12.5. The molecule has 0 saturated heterocycles. The van der Waals surface area contributed by atoms with Gasteiger partial charge >= 0.3 is 0 Å². The monoisotopic (exact) mass is 479 g/mol. The third kappa shape index (κ3) is 7.27. The van der Waals surface area contributed by atoms with Gasteiger partial charge in [0.1, 0.15) is 6.61 Å². The molecule has 2 aromatic carbocycles. The number of ether oxygens (including phenoxy) is 2. The van der Waals surface area contributed by atoms with Crippen LogP contribution in [0.4, 0.5) is 5.69 Å². The highest BCUT2D eigenvalue weighted by Gasteiger charge is 2.11. The molecule has 1 N–H and O–H groups in total. The summed E-state index contributed by atoms with van der Waals surface area (Å²) in [6, 6.07) is 10.2. The Morgan fingerprint density at radius 2 is 1.83 bits per heavy atom. The molecule has 30 heavy (non-hydrogen) atoms. The van der Waals surface area contributed by atoms with Crippen molar-refractivity contribution < 1.29 is 14.4 Å². The highest BCUT2D eigenvalue weighted by Crippen LogP contribution is 2.34. The minimum absolute atomic E-state index is 0.0630. The highest BCUT2D eigenvalue weighted by atomic mass is 79.9. The van der Waals surface area contributed by atoms with Crippen LogP contribution in [-0.4, -0.2) is 43.1 Å². The number of halogens is 1. The molecule has 0 bridgehead atoms. The Bertz CT molecular complexity index is 811. The molecular weight excluding hydrogens is 450 g/mol. The van der Waals surface area contributed by atoms with Crippen LogP contribution in [-0.2, 0) is 13.2 Å². The van der Waals surface area contributed by atoms with E-state index in [2.05, 4.69) is 40.0 Å². The van der Waals surface area contributed by atoms with E-state index in [1.807, 2.05) is 12.1 Å². The second-order valence-corrected chi connectivity index (χ2v) is 7.72. The lowest BCUT2D eigenvalue weighted by Gasteiger charge is -2.18. The zero-order valence-electron chi connectivity index (χ0n) is 17.8.